The number of carbonyl (C=O) groups is 1. The molecule has 3 N–H and O–H groups in total. The van der Waals surface area contributed by atoms with E-state index in [2.05, 4.69) is 17.4 Å². The molecule has 1 fully saturated rings. The maximum absolute atomic E-state index is 12.1. The van der Waals surface area contributed by atoms with E-state index in [-0.39, 0.29) is 17.6 Å². The fourth-order valence-electron chi connectivity index (χ4n) is 2.69. The minimum Gasteiger partial charge on any atom is -0.378 e. The number of nitrogens with two attached hydrogens (primary N) is 1. The highest BCUT2D eigenvalue weighted by molar-refractivity contribution is 5.77. The third-order valence-electron chi connectivity index (χ3n) is 4.16. The molecule has 0 aromatic heterocycles. The first-order valence-corrected chi connectivity index (χ1v) is 7.26. The second kappa shape index (κ2) is 6.86. The van der Waals surface area contributed by atoms with Gasteiger partial charge in [0.1, 0.15) is 0 Å². The van der Waals surface area contributed by atoms with Crippen molar-refractivity contribution in [3.63, 3.8) is 0 Å². The molecule has 1 atom stereocenters. The smallest absolute Gasteiger partial charge is 0.223 e. The molecule has 1 aliphatic carbocycles. The summed E-state index contributed by atoms with van der Waals surface area (Å²) in [4.78, 5) is 12.1. The third kappa shape index (κ3) is 3.81. The molecule has 1 amide bonds. The first-order valence-electron chi connectivity index (χ1n) is 7.26. The van der Waals surface area contributed by atoms with Gasteiger partial charge in [0.2, 0.25) is 5.91 Å². The molecule has 4 heteroatoms. The molecular formula is C16H24N2O2. The Morgan fingerprint density at radius 3 is 2.60 bits per heavy atom. The largest absolute Gasteiger partial charge is 0.378 e. The minimum absolute atomic E-state index is 0.0149. The fourth-order valence-corrected chi connectivity index (χ4v) is 2.69. The first kappa shape index (κ1) is 15.0. The summed E-state index contributed by atoms with van der Waals surface area (Å²) in [5, 5.41) is 3.03. The van der Waals surface area contributed by atoms with Crippen molar-refractivity contribution in [2.24, 2.45) is 5.73 Å². The van der Waals surface area contributed by atoms with E-state index in [1.807, 2.05) is 18.2 Å². The predicted octanol–water partition coefficient (Wildman–Crippen LogP) is 1.63. The summed E-state index contributed by atoms with van der Waals surface area (Å²) in [6.45, 7) is 0.445. The summed E-state index contributed by atoms with van der Waals surface area (Å²) >= 11 is 0. The monoisotopic (exact) mass is 276 g/mol. The lowest BCUT2D eigenvalue weighted by atomic mass is 9.77. The Morgan fingerprint density at radius 1 is 1.40 bits per heavy atom. The molecule has 0 saturated heterocycles. The standard InChI is InChI=1S/C16H24N2O2/c1-20-16(8-5-9-16)11-15(19)18-14(12-17)10-13-6-3-2-4-7-13/h2-4,6-7,14H,5,8-12,17H2,1H3,(H,18,19). The van der Waals surface area contributed by atoms with Crippen molar-refractivity contribution in [3.8, 4) is 0 Å². The highest BCUT2D eigenvalue weighted by Gasteiger charge is 2.39. The molecule has 0 aliphatic heterocycles. The van der Waals surface area contributed by atoms with E-state index in [9.17, 15) is 4.79 Å². The summed E-state index contributed by atoms with van der Waals surface area (Å²) in [7, 11) is 1.69. The van der Waals surface area contributed by atoms with Crippen molar-refractivity contribution in [3.05, 3.63) is 35.9 Å². The van der Waals surface area contributed by atoms with Gasteiger partial charge in [-0.15, -0.1) is 0 Å². The van der Waals surface area contributed by atoms with Crippen molar-refractivity contribution in [2.75, 3.05) is 13.7 Å². The third-order valence-corrected chi connectivity index (χ3v) is 4.16. The van der Waals surface area contributed by atoms with Gasteiger partial charge in [-0.25, -0.2) is 0 Å². The van der Waals surface area contributed by atoms with Crippen LogP contribution in [0.25, 0.3) is 0 Å². The Bertz CT molecular complexity index is 424. The van der Waals surface area contributed by atoms with E-state index >= 15 is 0 Å². The van der Waals surface area contributed by atoms with Crippen LogP contribution >= 0.6 is 0 Å². The van der Waals surface area contributed by atoms with Crippen LogP contribution in [-0.2, 0) is 16.0 Å². The topological polar surface area (TPSA) is 64.3 Å². The van der Waals surface area contributed by atoms with Gasteiger partial charge in [0, 0.05) is 19.7 Å². The molecule has 0 heterocycles. The van der Waals surface area contributed by atoms with E-state index in [4.69, 9.17) is 10.5 Å². The number of rotatable bonds is 7. The van der Waals surface area contributed by atoms with Crippen molar-refractivity contribution in [1.82, 2.24) is 5.32 Å². The summed E-state index contributed by atoms with van der Waals surface area (Å²) in [5.74, 6) is 0.0398. The lowest BCUT2D eigenvalue weighted by molar-refractivity contribution is -0.134. The van der Waals surface area contributed by atoms with Gasteiger partial charge in [-0.2, -0.15) is 0 Å². The van der Waals surface area contributed by atoms with E-state index in [0.29, 0.717) is 13.0 Å². The van der Waals surface area contributed by atoms with Crippen LogP contribution in [0.5, 0.6) is 0 Å². The Kier molecular flexibility index (Phi) is 5.15. The molecular weight excluding hydrogens is 252 g/mol. The Balaban J connectivity index is 1.85. The lowest BCUT2D eigenvalue weighted by Gasteiger charge is -2.40. The fraction of sp³-hybridized carbons (Fsp3) is 0.562. The van der Waals surface area contributed by atoms with Gasteiger partial charge in [-0.05, 0) is 31.2 Å². The zero-order chi connectivity index (χ0) is 14.4. The van der Waals surface area contributed by atoms with Crippen LogP contribution in [0.4, 0.5) is 0 Å². The van der Waals surface area contributed by atoms with Crippen LogP contribution in [0.1, 0.15) is 31.2 Å². The highest BCUT2D eigenvalue weighted by atomic mass is 16.5. The summed E-state index contributed by atoms with van der Waals surface area (Å²) in [6, 6.07) is 10.1. The maximum Gasteiger partial charge on any atom is 0.223 e. The maximum atomic E-state index is 12.1. The molecule has 110 valence electrons. The summed E-state index contributed by atoms with van der Waals surface area (Å²) in [6.07, 6.45) is 4.30. The van der Waals surface area contributed by atoms with Gasteiger partial charge in [0.05, 0.1) is 12.0 Å². The zero-order valence-electron chi connectivity index (χ0n) is 12.1. The first-order chi connectivity index (χ1) is 9.67. The second-order valence-electron chi connectivity index (χ2n) is 5.61. The number of amides is 1. The second-order valence-corrected chi connectivity index (χ2v) is 5.61. The van der Waals surface area contributed by atoms with E-state index in [0.717, 1.165) is 25.7 Å². The average Bonchev–Trinajstić information content (AvgIpc) is 2.43. The van der Waals surface area contributed by atoms with Crippen molar-refractivity contribution in [2.45, 2.75) is 43.7 Å². The summed E-state index contributed by atoms with van der Waals surface area (Å²) in [5.41, 5.74) is 6.73. The molecule has 1 unspecified atom stereocenters. The van der Waals surface area contributed by atoms with Crippen LogP contribution < -0.4 is 11.1 Å². The Morgan fingerprint density at radius 2 is 2.10 bits per heavy atom. The van der Waals surface area contributed by atoms with Crippen molar-refractivity contribution in [1.29, 1.82) is 0 Å². The lowest BCUT2D eigenvalue weighted by Crippen LogP contribution is -2.48. The van der Waals surface area contributed by atoms with Crippen molar-refractivity contribution >= 4 is 5.91 Å². The predicted molar refractivity (Wildman–Crippen MR) is 79.3 cm³/mol. The van der Waals surface area contributed by atoms with Gasteiger partial charge in [0.25, 0.3) is 0 Å². The van der Waals surface area contributed by atoms with Gasteiger partial charge in [-0.1, -0.05) is 30.3 Å². The zero-order valence-corrected chi connectivity index (χ0v) is 12.1. The van der Waals surface area contributed by atoms with E-state index in [1.165, 1.54) is 5.56 Å². The number of nitrogens with one attached hydrogen (secondary N) is 1. The van der Waals surface area contributed by atoms with Crippen molar-refractivity contribution < 1.29 is 9.53 Å². The van der Waals surface area contributed by atoms with Gasteiger partial charge < -0.3 is 15.8 Å². The molecule has 0 bridgehead atoms. The quantitative estimate of drug-likeness (QED) is 0.795. The molecule has 1 aromatic rings. The molecule has 1 aliphatic rings. The molecule has 0 spiro atoms. The molecule has 1 aromatic carbocycles. The van der Waals surface area contributed by atoms with Crippen LogP contribution in [-0.4, -0.2) is 31.2 Å². The highest BCUT2D eigenvalue weighted by Crippen LogP contribution is 2.37. The number of ether oxygens (including phenoxy) is 1. The SMILES string of the molecule is COC1(CC(=O)NC(CN)Cc2ccccc2)CCC1. The van der Waals surface area contributed by atoms with Gasteiger partial charge in [-0.3, -0.25) is 4.79 Å². The molecule has 0 radical (unpaired) electrons. The van der Waals surface area contributed by atoms with E-state index in [1.54, 1.807) is 7.11 Å². The average molecular weight is 276 g/mol. The number of carbonyl (C=O) groups excluding carboxylic acids is 1. The molecule has 4 nitrogen and oxygen atoms in total. The van der Waals surface area contributed by atoms with Crippen LogP contribution in [0.15, 0.2) is 30.3 Å². The Labute approximate surface area is 120 Å². The number of hydrogen-bond acceptors (Lipinski definition) is 3. The van der Waals surface area contributed by atoms with Crippen LogP contribution in [0, 0.1) is 0 Å². The molecule has 2 rings (SSSR count). The minimum atomic E-state index is -0.226. The molecule has 1 saturated carbocycles. The number of benzene rings is 1. The normalized spacial score (nSPS) is 18.1. The van der Waals surface area contributed by atoms with Gasteiger partial charge in [0.15, 0.2) is 0 Å². The van der Waals surface area contributed by atoms with Crippen LogP contribution in [0.2, 0.25) is 0 Å². The Hall–Kier alpha value is -1.39. The number of hydrogen-bond donors (Lipinski definition) is 2. The number of methoxy groups -OCH3 is 1. The van der Waals surface area contributed by atoms with E-state index < -0.39 is 0 Å². The van der Waals surface area contributed by atoms with Gasteiger partial charge >= 0.3 is 0 Å². The summed E-state index contributed by atoms with van der Waals surface area (Å²) < 4.78 is 5.49. The molecule has 20 heavy (non-hydrogen) atoms. The van der Waals surface area contributed by atoms with Crippen LogP contribution in [0.3, 0.4) is 0 Å².